The first-order chi connectivity index (χ1) is 10.3. The Morgan fingerprint density at radius 3 is 2.24 bits per heavy atom. The fourth-order valence-electron chi connectivity index (χ4n) is 2.68. The van der Waals surface area contributed by atoms with Crippen LogP contribution in [0.25, 0.3) is 6.08 Å². The van der Waals surface area contributed by atoms with E-state index in [2.05, 4.69) is 24.3 Å². The molecule has 1 aliphatic carbocycles. The molecule has 0 saturated carbocycles. The third kappa shape index (κ3) is 3.38. The Hall–Kier alpha value is -2.41. The standard InChI is InChI=1S/C20H18O/c21-20(18-11-5-2-6-12-18)19-13-7-10-17(15-19)14-16-8-3-1-4-9-16/h1-6,8-9,11-12,14-15H,7,10,13H2/b17-14-. The molecule has 0 bridgehead atoms. The topological polar surface area (TPSA) is 17.1 Å². The molecule has 104 valence electrons. The zero-order valence-corrected chi connectivity index (χ0v) is 12.0. The monoisotopic (exact) mass is 274 g/mol. The van der Waals surface area contributed by atoms with Crippen LogP contribution < -0.4 is 0 Å². The normalized spacial score (nSPS) is 16.6. The van der Waals surface area contributed by atoms with E-state index in [0.29, 0.717) is 0 Å². The molecule has 0 N–H and O–H groups in total. The first-order valence-electron chi connectivity index (χ1n) is 7.39. The molecule has 0 spiro atoms. The number of Topliss-reactive ketones (excluding diaryl/α,β-unsaturated/α-hetero) is 1. The number of allylic oxidation sites excluding steroid dienone is 3. The predicted octanol–water partition coefficient (Wildman–Crippen LogP) is 5.06. The highest BCUT2D eigenvalue weighted by Gasteiger charge is 2.15. The summed E-state index contributed by atoms with van der Waals surface area (Å²) in [6.45, 7) is 0. The van der Waals surface area contributed by atoms with Crippen LogP contribution in [0.4, 0.5) is 0 Å². The average molecular weight is 274 g/mol. The van der Waals surface area contributed by atoms with Crippen molar-refractivity contribution < 1.29 is 4.79 Å². The SMILES string of the molecule is O=C(C1=C/C(=C\c2ccccc2)CCC1)c1ccccc1. The average Bonchev–Trinajstić information content (AvgIpc) is 2.56. The molecule has 3 rings (SSSR count). The summed E-state index contributed by atoms with van der Waals surface area (Å²) in [4.78, 5) is 12.5. The van der Waals surface area contributed by atoms with Crippen molar-refractivity contribution in [3.05, 3.63) is 89.0 Å². The molecule has 0 fully saturated rings. The highest BCUT2D eigenvalue weighted by molar-refractivity contribution is 6.09. The van der Waals surface area contributed by atoms with E-state index in [9.17, 15) is 4.79 Å². The van der Waals surface area contributed by atoms with Crippen LogP contribution >= 0.6 is 0 Å². The Bertz CT molecular complexity index is 678. The lowest BCUT2D eigenvalue weighted by Crippen LogP contribution is -2.07. The Balaban J connectivity index is 1.86. The smallest absolute Gasteiger partial charge is 0.189 e. The molecule has 0 heterocycles. The lowest BCUT2D eigenvalue weighted by molar-refractivity contribution is 0.102. The molecule has 2 aromatic rings. The van der Waals surface area contributed by atoms with Gasteiger partial charge in [-0.05, 0) is 30.4 Å². The van der Waals surface area contributed by atoms with Crippen molar-refractivity contribution in [3.63, 3.8) is 0 Å². The highest BCUT2D eigenvalue weighted by atomic mass is 16.1. The van der Waals surface area contributed by atoms with Crippen LogP contribution in [-0.2, 0) is 0 Å². The Labute approximate surface area is 125 Å². The molecule has 1 aliphatic rings. The lowest BCUT2D eigenvalue weighted by Gasteiger charge is -2.14. The van der Waals surface area contributed by atoms with Crippen LogP contribution in [0.1, 0.15) is 35.2 Å². The number of carbonyl (C=O) groups is 1. The molecule has 2 aromatic carbocycles. The fraction of sp³-hybridized carbons (Fsp3) is 0.150. The van der Waals surface area contributed by atoms with E-state index in [1.165, 1.54) is 11.1 Å². The largest absolute Gasteiger partial charge is 0.289 e. The lowest BCUT2D eigenvalue weighted by atomic mass is 9.89. The van der Waals surface area contributed by atoms with Gasteiger partial charge in [-0.3, -0.25) is 4.79 Å². The molecule has 0 radical (unpaired) electrons. The molecule has 21 heavy (non-hydrogen) atoms. The Kier molecular flexibility index (Phi) is 4.11. The molecular weight excluding hydrogens is 256 g/mol. The van der Waals surface area contributed by atoms with Gasteiger partial charge >= 0.3 is 0 Å². The van der Waals surface area contributed by atoms with Crippen molar-refractivity contribution in [3.8, 4) is 0 Å². The molecular formula is C20H18O. The van der Waals surface area contributed by atoms with Gasteiger partial charge in [-0.15, -0.1) is 0 Å². The molecule has 0 amide bonds. The maximum atomic E-state index is 12.5. The van der Waals surface area contributed by atoms with E-state index >= 15 is 0 Å². The van der Waals surface area contributed by atoms with E-state index in [1.807, 2.05) is 48.5 Å². The minimum atomic E-state index is 0.161. The maximum Gasteiger partial charge on any atom is 0.189 e. The minimum absolute atomic E-state index is 0.161. The second-order valence-electron chi connectivity index (χ2n) is 5.35. The number of rotatable bonds is 3. The zero-order chi connectivity index (χ0) is 14.5. The highest BCUT2D eigenvalue weighted by Crippen LogP contribution is 2.26. The van der Waals surface area contributed by atoms with Gasteiger partial charge in [-0.1, -0.05) is 72.8 Å². The third-order valence-electron chi connectivity index (χ3n) is 3.75. The van der Waals surface area contributed by atoms with Crippen molar-refractivity contribution in [2.75, 3.05) is 0 Å². The number of benzene rings is 2. The van der Waals surface area contributed by atoms with E-state index < -0.39 is 0 Å². The van der Waals surface area contributed by atoms with E-state index in [0.717, 1.165) is 30.4 Å². The van der Waals surface area contributed by atoms with Crippen molar-refractivity contribution >= 4 is 11.9 Å². The first-order valence-corrected chi connectivity index (χ1v) is 7.39. The van der Waals surface area contributed by atoms with Gasteiger partial charge in [0.25, 0.3) is 0 Å². The van der Waals surface area contributed by atoms with Crippen molar-refractivity contribution in [2.24, 2.45) is 0 Å². The van der Waals surface area contributed by atoms with Gasteiger partial charge in [0.1, 0.15) is 0 Å². The van der Waals surface area contributed by atoms with E-state index in [4.69, 9.17) is 0 Å². The summed E-state index contributed by atoms with van der Waals surface area (Å²) in [7, 11) is 0. The van der Waals surface area contributed by atoms with Crippen LogP contribution in [0.3, 0.4) is 0 Å². The summed E-state index contributed by atoms with van der Waals surface area (Å²) in [6, 6.07) is 19.8. The zero-order valence-electron chi connectivity index (χ0n) is 12.0. The van der Waals surface area contributed by atoms with Gasteiger partial charge in [0.15, 0.2) is 5.78 Å². The third-order valence-corrected chi connectivity index (χ3v) is 3.75. The molecule has 0 aromatic heterocycles. The summed E-state index contributed by atoms with van der Waals surface area (Å²) in [5.41, 5.74) is 4.14. The number of hydrogen-bond donors (Lipinski definition) is 0. The summed E-state index contributed by atoms with van der Waals surface area (Å²) in [6.07, 6.45) is 7.21. The maximum absolute atomic E-state index is 12.5. The van der Waals surface area contributed by atoms with Gasteiger partial charge in [0, 0.05) is 11.1 Å². The van der Waals surface area contributed by atoms with E-state index in [-0.39, 0.29) is 5.78 Å². The van der Waals surface area contributed by atoms with Crippen LogP contribution in [0.5, 0.6) is 0 Å². The molecule has 0 saturated heterocycles. The predicted molar refractivity (Wildman–Crippen MR) is 87.1 cm³/mol. The quantitative estimate of drug-likeness (QED) is 0.715. The van der Waals surface area contributed by atoms with Crippen LogP contribution in [0.2, 0.25) is 0 Å². The fourth-order valence-corrected chi connectivity index (χ4v) is 2.68. The van der Waals surface area contributed by atoms with Crippen LogP contribution in [-0.4, -0.2) is 5.78 Å². The van der Waals surface area contributed by atoms with Crippen molar-refractivity contribution in [1.82, 2.24) is 0 Å². The van der Waals surface area contributed by atoms with E-state index in [1.54, 1.807) is 0 Å². The van der Waals surface area contributed by atoms with Gasteiger partial charge in [0.05, 0.1) is 0 Å². The van der Waals surface area contributed by atoms with Crippen molar-refractivity contribution in [1.29, 1.82) is 0 Å². The van der Waals surface area contributed by atoms with Crippen LogP contribution in [0, 0.1) is 0 Å². The minimum Gasteiger partial charge on any atom is -0.289 e. The second-order valence-corrected chi connectivity index (χ2v) is 5.35. The summed E-state index contributed by atoms with van der Waals surface area (Å²) in [5.74, 6) is 0.161. The summed E-state index contributed by atoms with van der Waals surface area (Å²) < 4.78 is 0. The van der Waals surface area contributed by atoms with Gasteiger partial charge in [0.2, 0.25) is 0 Å². The molecule has 0 atom stereocenters. The number of hydrogen-bond acceptors (Lipinski definition) is 1. The van der Waals surface area contributed by atoms with Gasteiger partial charge < -0.3 is 0 Å². The summed E-state index contributed by atoms with van der Waals surface area (Å²) >= 11 is 0. The molecule has 0 aliphatic heterocycles. The van der Waals surface area contributed by atoms with Gasteiger partial charge in [-0.25, -0.2) is 0 Å². The molecule has 1 heteroatoms. The number of ketones is 1. The molecule has 0 unspecified atom stereocenters. The Morgan fingerprint density at radius 2 is 1.52 bits per heavy atom. The summed E-state index contributed by atoms with van der Waals surface area (Å²) in [5, 5.41) is 0. The van der Waals surface area contributed by atoms with Crippen molar-refractivity contribution in [2.45, 2.75) is 19.3 Å². The molecule has 1 nitrogen and oxygen atoms in total. The van der Waals surface area contributed by atoms with Crippen LogP contribution in [0.15, 0.2) is 77.9 Å². The first kappa shape index (κ1) is 13.6. The van der Waals surface area contributed by atoms with Gasteiger partial charge in [-0.2, -0.15) is 0 Å². The Morgan fingerprint density at radius 1 is 0.857 bits per heavy atom. The number of carbonyl (C=O) groups excluding carboxylic acids is 1. The second kappa shape index (κ2) is 6.36.